The Morgan fingerprint density at radius 2 is 2.00 bits per heavy atom. The van der Waals surface area contributed by atoms with Crippen LogP contribution in [0.25, 0.3) is 0 Å². The van der Waals surface area contributed by atoms with Crippen LogP contribution < -0.4 is 15.6 Å². The summed E-state index contributed by atoms with van der Waals surface area (Å²) in [6.07, 6.45) is 0.979. The molecule has 1 aromatic rings. The van der Waals surface area contributed by atoms with Crippen molar-refractivity contribution in [1.82, 2.24) is 10.9 Å². The van der Waals surface area contributed by atoms with Gasteiger partial charge in [0.25, 0.3) is 0 Å². The van der Waals surface area contributed by atoms with Crippen molar-refractivity contribution in [3.63, 3.8) is 0 Å². The van der Waals surface area contributed by atoms with Gasteiger partial charge in [-0.2, -0.15) is 0 Å². The smallest absolute Gasteiger partial charge is 0.322 e. The summed E-state index contributed by atoms with van der Waals surface area (Å²) >= 11 is 0. The molecule has 1 aliphatic rings. The molecule has 19 heavy (non-hydrogen) atoms. The van der Waals surface area contributed by atoms with Crippen molar-refractivity contribution < 1.29 is 14.6 Å². The van der Waals surface area contributed by atoms with Crippen molar-refractivity contribution in [2.75, 3.05) is 6.61 Å². The summed E-state index contributed by atoms with van der Waals surface area (Å²) in [5.41, 5.74) is 6.93. The van der Waals surface area contributed by atoms with Crippen LogP contribution in [0.5, 0.6) is 5.75 Å². The molecule has 0 saturated carbocycles. The number of aliphatic carboxylic acids is 1. The van der Waals surface area contributed by atoms with Crippen LogP contribution in [0, 0.1) is 5.92 Å². The van der Waals surface area contributed by atoms with Gasteiger partial charge in [-0.3, -0.25) is 4.79 Å². The molecule has 5 heteroatoms. The highest BCUT2D eigenvalue weighted by molar-refractivity contribution is 5.74. The number of ether oxygens (including phenoxy) is 1. The Kier molecular flexibility index (Phi) is 4.39. The highest BCUT2D eigenvalue weighted by Gasteiger charge is 2.37. The van der Waals surface area contributed by atoms with E-state index in [2.05, 4.69) is 17.8 Å². The highest BCUT2D eigenvalue weighted by atomic mass is 16.5. The topological polar surface area (TPSA) is 70.6 Å². The Balaban J connectivity index is 2.04. The zero-order chi connectivity index (χ0) is 13.8. The number of rotatable bonds is 5. The van der Waals surface area contributed by atoms with Gasteiger partial charge in [-0.05, 0) is 24.1 Å². The van der Waals surface area contributed by atoms with E-state index in [-0.39, 0.29) is 12.0 Å². The van der Waals surface area contributed by atoms with Crippen molar-refractivity contribution in [1.29, 1.82) is 0 Å². The molecule has 1 saturated heterocycles. The molecule has 2 rings (SSSR count). The van der Waals surface area contributed by atoms with E-state index in [1.54, 1.807) is 0 Å². The maximum Gasteiger partial charge on any atom is 0.322 e. The van der Waals surface area contributed by atoms with E-state index >= 15 is 0 Å². The third-order valence-electron chi connectivity index (χ3n) is 3.42. The Bertz CT molecular complexity index is 433. The quantitative estimate of drug-likeness (QED) is 0.755. The Morgan fingerprint density at radius 1 is 1.32 bits per heavy atom. The number of hydrazine groups is 1. The third kappa shape index (κ3) is 3.05. The van der Waals surface area contributed by atoms with E-state index in [9.17, 15) is 4.79 Å². The van der Waals surface area contributed by atoms with Gasteiger partial charge in [-0.1, -0.05) is 26.0 Å². The van der Waals surface area contributed by atoms with Gasteiger partial charge in [0.05, 0.1) is 12.6 Å². The summed E-state index contributed by atoms with van der Waals surface area (Å²) in [7, 11) is 0. The highest BCUT2D eigenvalue weighted by Crippen LogP contribution is 2.29. The lowest BCUT2D eigenvalue weighted by atomic mass is 9.91. The molecule has 3 atom stereocenters. The molecule has 0 spiro atoms. The van der Waals surface area contributed by atoms with Crippen LogP contribution >= 0.6 is 0 Å². The van der Waals surface area contributed by atoms with Gasteiger partial charge < -0.3 is 9.84 Å². The molecule has 0 amide bonds. The zero-order valence-corrected chi connectivity index (χ0v) is 11.2. The summed E-state index contributed by atoms with van der Waals surface area (Å²) in [6, 6.07) is 7.25. The molecule has 1 aromatic carbocycles. The first-order chi connectivity index (χ1) is 9.13. The molecule has 0 radical (unpaired) electrons. The summed E-state index contributed by atoms with van der Waals surface area (Å²) in [6.45, 7) is 4.70. The predicted molar refractivity (Wildman–Crippen MR) is 71.8 cm³/mol. The zero-order valence-electron chi connectivity index (χ0n) is 11.2. The van der Waals surface area contributed by atoms with Crippen molar-refractivity contribution >= 4 is 5.97 Å². The van der Waals surface area contributed by atoms with Crippen molar-refractivity contribution in [2.45, 2.75) is 32.4 Å². The molecule has 3 N–H and O–H groups in total. The first-order valence-corrected chi connectivity index (χ1v) is 6.60. The molecule has 1 fully saturated rings. The van der Waals surface area contributed by atoms with Crippen molar-refractivity contribution in [2.24, 2.45) is 5.92 Å². The molecule has 0 aliphatic carbocycles. The van der Waals surface area contributed by atoms with E-state index < -0.39 is 12.0 Å². The number of nitrogens with one attached hydrogen (secondary N) is 2. The fourth-order valence-corrected chi connectivity index (χ4v) is 2.30. The second kappa shape index (κ2) is 6.04. The fourth-order valence-electron chi connectivity index (χ4n) is 2.30. The van der Waals surface area contributed by atoms with Crippen LogP contribution in [0.15, 0.2) is 24.3 Å². The summed E-state index contributed by atoms with van der Waals surface area (Å²) in [5.74, 6) is 0.00398. The average Bonchev–Trinajstić information content (AvgIpc) is 2.79. The predicted octanol–water partition coefficient (Wildman–Crippen LogP) is 1.71. The van der Waals surface area contributed by atoms with Gasteiger partial charge in [0.1, 0.15) is 11.8 Å². The molecule has 1 aliphatic heterocycles. The number of benzene rings is 1. The monoisotopic (exact) mass is 264 g/mol. The van der Waals surface area contributed by atoms with Crippen LogP contribution in [0.3, 0.4) is 0 Å². The second-order valence-corrected chi connectivity index (χ2v) is 4.86. The number of carboxylic acids is 1. The van der Waals surface area contributed by atoms with E-state index in [4.69, 9.17) is 9.84 Å². The molecule has 104 valence electrons. The molecule has 0 bridgehead atoms. The lowest BCUT2D eigenvalue weighted by Crippen LogP contribution is -2.37. The lowest BCUT2D eigenvalue weighted by Gasteiger charge is -2.17. The van der Waals surface area contributed by atoms with Crippen molar-refractivity contribution in [3.8, 4) is 5.75 Å². The Morgan fingerprint density at radius 3 is 2.53 bits per heavy atom. The number of hydrogen-bond donors (Lipinski definition) is 3. The summed E-state index contributed by atoms with van der Waals surface area (Å²) in [4.78, 5) is 11.0. The number of carbonyl (C=O) groups is 1. The normalized spacial score (nSPS) is 26.3. The minimum Gasteiger partial charge on any atom is -0.494 e. The largest absolute Gasteiger partial charge is 0.494 e. The van der Waals surface area contributed by atoms with Crippen LogP contribution in [0.4, 0.5) is 0 Å². The Hall–Kier alpha value is -1.59. The van der Waals surface area contributed by atoms with E-state index in [0.717, 1.165) is 17.7 Å². The lowest BCUT2D eigenvalue weighted by molar-refractivity contribution is -0.140. The van der Waals surface area contributed by atoms with Crippen molar-refractivity contribution in [3.05, 3.63) is 29.8 Å². The fraction of sp³-hybridized carbons (Fsp3) is 0.500. The summed E-state index contributed by atoms with van der Waals surface area (Å²) in [5, 5.41) is 9.07. The minimum atomic E-state index is -0.828. The average molecular weight is 264 g/mol. The SMILES string of the molecule is CCCOc1ccc(C2NNC(C(=O)O)C2C)cc1. The molecular formula is C14H20N2O3. The van der Waals surface area contributed by atoms with Crippen LogP contribution in [-0.4, -0.2) is 23.7 Å². The third-order valence-corrected chi connectivity index (χ3v) is 3.42. The first kappa shape index (κ1) is 13.8. The standard InChI is InChI=1S/C14H20N2O3/c1-3-8-19-11-6-4-10(5-7-11)12-9(2)13(14(17)18)16-15-12/h4-7,9,12-13,15-16H,3,8H2,1-2H3,(H,17,18). The van der Waals surface area contributed by atoms with Gasteiger partial charge >= 0.3 is 5.97 Å². The molecule has 1 heterocycles. The van der Waals surface area contributed by atoms with E-state index in [1.807, 2.05) is 31.2 Å². The van der Waals surface area contributed by atoms with Gasteiger partial charge in [-0.15, -0.1) is 0 Å². The maximum absolute atomic E-state index is 11.0. The number of carboxylic acid groups (broad SMARTS) is 1. The van der Waals surface area contributed by atoms with Crippen LogP contribution in [-0.2, 0) is 4.79 Å². The van der Waals surface area contributed by atoms with Crippen LogP contribution in [0.1, 0.15) is 31.9 Å². The van der Waals surface area contributed by atoms with Gasteiger partial charge in [0.15, 0.2) is 0 Å². The Labute approximate surface area is 112 Å². The van der Waals surface area contributed by atoms with Gasteiger partial charge in [0, 0.05) is 5.92 Å². The first-order valence-electron chi connectivity index (χ1n) is 6.60. The van der Waals surface area contributed by atoms with Gasteiger partial charge in [0.2, 0.25) is 0 Å². The molecule has 5 nitrogen and oxygen atoms in total. The van der Waals surface area contributed by atoms with E-state index in [1.165, 1.54) is 0 Å². The van der Waals surface area contributed by atoms with Crippen LogP contribution in [0.2, 0.25) is 0 Å². The number of hydrogen-bond acceptors (Lipinski definition) is 4. The molecule has 0 aromatic heterocycles. The second-order valence-electron chi connectivity index (χ2n) is 4.86. The molecular weight excluding hydrogens is 244 g/mol. The summed E-state index contributed by atoms with van der Waals surface area (Å²) < 4.78 is 5.53. The minimum absolute atomic E-state index is 0.00123. The van der Waals surface area contributed by atoms with Gasteiger partial charge in [-0.25, -0.2) is 10.9 Å². The molecule has 3 unspecified atom stereocenters. The maximum atomic E-state index is 11.0. The van der Waals surface area contributed by atoms with E-state index in [0.29, 0.717) is 6.61 Å².